The number of hydrogen-bond donors (Lipinski definition) is 1. The summed E-state index contributed by atoms with van der Waals surface area (Å²) < 4.78 is 5.54. The molecule has 2 heterocycles. The molecule has 6 nitrogen and oxygen atoms in total. The van der Waals surface area contributed by atoms with Crippen LogP contribution >= 0.6 is 0 Å². The lowest BCUT2D eigenvalue weighted by Gasteiger charge is -2.20. The maximum atomic E-state index is 12.2. The van der Waals surface area contributed by atoms with Crippen molar-refractivity contribution < 1.29 is 19.1 Å². The molecule has 2 atom stereocenters. The summed E-state index contributed by atoms with van der Waals surface area (Å²) in [4.78, 5) is 37.6. The van der Waals surface area contributed by atoms with Crippen LogP contribution in [-0.2, 0) is 9.53 Å². The Balaban J connectivity index is 1.53. The van der Waals surface area contributed by atoms with Gasteiger partial charge in [0.05, 0.1) is 23.3 Å². The first-order valence-corrected chi connectivity index (χ1v) is 7.94. The molecule has 2 aliphatic heterocycles. The van der Waals surface area contributed by atoms with Gasteiger partial charge in [0.1, 0.15) is 0 Å². The third-order valence-corrected chi connectivity index (χ3v) is 4.35. The number of rotatable bonds is 5. The van der Waals surface area contributed by atoms with E-state index in [0.717, 1.165) is 24.3 Å². The highest BCUT2D eigenvalue weighted by Gasteiger charge is 2.35. The van der Waals surface area contributed by atoms with Crippen molar-refractivity contribution in [1.29, 1.82) is 0 Å². The minimum atomic E-state index is -0.328. The van der Waals surface area contributed by atoms with Gasteiger partial charge in [0.2, 0.25) is 5.91 Å². The van der Waals surface area contributed by atoms with Crippen LogP contribution in [0.3, 0.4) is 0 Å². The highest BCUT2D eigenvalue weighted by molar-refractivity contribution is 6.21. The molecule has 0 aromatic heterocycles. The van der Waals surface area contributed by atoms with E-state index in [-0.39, 0.29) is 42.8 Å². The van der Waals surface area contributed by atoms with Crippen molar-refractivity contribution in [2.75, 3.05) is 13.2 Å². The van der Waals surface area contributed by atoms with E-state index in [1.807, 2.05) is 6.92 Å². The van der Waals surface area contributed by atoms with Gasteiger partial charge >= 0.3 is 0 Å². The van der Waals surface area contributed by atoms with Crippen LogP contribution in [-0.4, -0.2) is 47.9 Å². The van der Waals surface area contributed by atoms with E-state index in [4.69, 9.17) is 4.74 Å². The molecular formula is C17H20N2O4. The molecule has 0 aliphatic carbocycles. The van der Waals surface area contributed by atoms with E-state index in [2.05, 4.69) is 5.32 Å². The van der Waals surface area contributed by atoms with Crippen LogP contribution in [0.4, 0.5) is 0 Å². The van der Waals surface area contributed by atoms with E-state index >= 15 is 0 Å². The van der Waals surface area contributed by atoms with Gasteiger partial charge in [-0.2, -0.15) is 0 Å². The monoisotopic (exact) mass is 316 g/mol. The quantitative estimate of drug-likeness (QED) is 0.832. The number of nitrogens with one attached hydrogen (secondary N) is 1. The molecule has 1 N–H and O–H groups in total. The minimum absolute atomic E-state index is 0.0539. The molecule has 1 fully saturated rings. The zero-order chi connectivity index (χ0) is 16.4. The molecule has 0 unspecified atom stereocenters. The molecule has 2 aliphatic rings. The summed E-state index contributed by atoms with van der Waals surface area (Å²) in [6.07, 6.45) is 2.11. The van der Waals surface area contributed by atoms with Crippen molar-refractivity contribution in [3.8, 4) is 0 Å². The predicted octanol–water partition coefficient (Wildman–Crippen LogP) is 1.36. The predicted molar refractivity (Wildman–Crippen MR) is 83.0 cm³/mol. The number of amides is 3. The van der Waals surface area contributed by atoms with Gasteiger partial charge in [-0.15, -0.1) is 0 Å². The average Bonchev–Trinajstić information content (AvgIpc) is 3.15. The average molecular weight is 316 g/mol. The molecule has 6 heteroatoms. The van der Waals surface area contributed by atoms with Crippen molar-refractivity contribution in [3.05, 3.63) is 35.4 Å². The van der Waals surface area contributed by atoms with Gasteiger partial charge in [-0.05, 0) is 31.9 Å². The second kappa shape index (κ2) is 6.50. The smallest absolute Gasteiger partial charge is 0.261 e. The Morgan fingerprint density at radius 1 is 1.30 bits per heavy atom. The molecule has 0 bridgehead atoms. The van der Waals surface area contributed by atoms with Gasteiger partial charge in [-0.1, -0.05) is 12.1 Å². The zero-order valence-corrected chi connectivity index (χ0v) is 13.1. The van der Waals surface area contributed by atoms with Gasteiger partial charge in [-0.25, -0.2) is 0 Å². The van der Waals surface area contributed by atoms with Crippen LogP contribution in [0.1, 0.15) is 46.9 Å². The van der Waals surface area contributed by atoms with Crippen LogP contribution in [0.25, 0.3) is 0 Å². The molecule has 0 saturated carbocycles. The summed E-state index contributed by atoms with van der Waals surface area (Å²) in [6.45, 7) is 2.74. The van der Waals surface area contributed by atoms with Gasteiger partial charge < -0.3 is 10.1 Å². The third kappa shape index (κ3) is 3.12. The number of fused-ring (bicyclic) bond motifs is 1. The normalized spacial score (nSPS) is 21.4. The fourth-order valence-corrected chi connectivity index (χ4v) is 3.07. The Bertz CT molecular complexity index is 602. The van der Waals surface area contributed by atoms with Gasteiger partial charge in [0, 0.05) is 19.6 Å². The summed E-state index contributed by atoms with van der Waals surface area (Å²) in [5.41, 5.74) is 0.816. The maximum Gasteiger partial charge on any atom is 0.261 e. The molecular weight excluding hydrogens is 296 g/mol. The second-order valence-corrected chi connectivity index (χ2v) is 5.97. The lowest BCUT2D eigenvalue weighted by molar-refractivity contribution is -0.122. The van der Waals surface area contributed by atoms with Crippen molar-refractivity contribution in [2.45, 2.75) is 38.3 Å². The number of ether oxygens (including phenoxy) is 1. The Kier molecular flexibility index (Phi) is 4.43. The molecule has 1 saturated heterocycles. The Hall–Kier alpha value is -2.21. The first-order chi connectivity index (χ1) is 11.1. The lowest BCUT2D eigenvalue weighted by atomic mass is 10.1. The third-order valence-electron chi connectivity index (χ3n) is 4.35. The topological polar surface area (TPSA) is 75.7 Å². The van der Waals surface area contributed by atoms with Crippen molar-refractivity contribution >= 4 is 17.7 Å². The van der Waals surface area contributed by atoms with Gasteiger partial charge in [-0.3, -0.25) is 19.3 Å². The number of imide groups is 1. The standard InChI is InChI=1S/C17H20N2O4/c1-11(14-7-4-10-23-14)18-15(20)8-9-19-16(21)12-5-2-3-6-13(12)17(19)22/h2-3,5-6,11,14H,4,7-10H2,1H3,(H,18,20)/t11-,14+/m0/s1. The second-order valence-electron chi connectivity index (χ2n) is 5.97. The number of hydrogen-bond acceptors (Lipinski definition) is 4. The number of carbonyl (C=O) groups excluding carboxylic acids is 3. The van der Waals surface area contributed by atoms with Crippen LogP contribution < -0.4 is 5.32 Å². The molecule has 3 rings (SSSR count). The largest absolute Gasteiger partial charge is 0.376 e. The fraction of sp³-hybridized carbons (Fsp3) is 0.471. The highest BCUT2D eigenvalue weighted by Crippen LogP contribution is 2.22. The van der Waals surface area contributed by atoms with Gasteiger partial charge in [0.25, 0.3) is 11.8 Å². The molecule has 1 aromatic carbocycles. The van der Waals surface area contributed by atoms with Crippen molar-refractivity contribution in [2.24, 2.45) is 0 Å². The van der Waals surface area contributed by atoms with Crippen LogP contribution in [0, 0.1) is 0 Å². The first kappa shape index (κ1) is 15.7. The lowest BCUT2D eigenvalue weighted by Crippen LogP contribution is -2.42. The summed E-state index contributed by atoms with van der Waals surface area (Å²) >= 11 is 0. The Labute approximate surface area is 134 Å². The number of benzene rings is 1. The molecule has 122 valence electrons. The number of nitrogens with zero attached hydrogens (tertiary/aromatic N) is 1. The maximum absolute atomic E-state index is 12.2. The minimum Gasteiger partial charge on any atom is -0.376 e. The molecule has 23 heavy (non-hydrogen) atoms. The SMILES string of the molecule is C[C@H](NC(=O)CCN1C(=O)c2ccccc2C1=O)[C@H]1CCCO1. The summed E-state index contributed by atoms with van der Waals surface area (Å²) in [5, 5.41) is 2.88. The van der Waals surface area contributed by atoms with E-state index in [9.17, 15) is 14.4 Å². The molecule has 0 spiro atoms. The highest BCUT2D eigenvalue weighted by atomic mass is 16.5. The van der Waals surface area contributed by atoms with Gasteiger partial charge in [0.15, 0.2) is 0 Å². The van der Waals surface area contributed by atoms with Crippen molar-refractivity contribution in [1.82, 2.24) is 10.2 Å². The Morgan fingerprint density at radius 3 is 2.52 bits per heavy atom. The van der Waals surface area contributed by atoms with Crippen LogP contribution in [0.15, 0.2) is 24.3 Å². The van der Waals surface area contributed by atoms with Crippen molar-refractivity contribution in [3.63, 3.8) is 0 Å². The zero-order valence-electron chi connectivity index (χ0n) is 13.1. The molecule has 0 radical (unpaired) electrons. The summed E-state index contributed by atoms with van der Waals surface area (Å²) in [6, 6.07) is 6.66. The summed E-state index contributed by atoms with van der Waals surface area (Å²) in [5.74, 6) is -0.833. The molecule has 3 amide bonds. The van der Waals surface area contributed by atoms with E-state index in [0.29, 0.717) is 11.1 Å². The van der Waals surface area contributed by atoms with E-state index < -0.39 is 0 Å². The Morgan fingerprint density at radius 2 is 1.96 bits per heavy atom. The van der Waals surface area contributed by atoms with Crippen LogP contribution in [0.5, 0.6) is 0 Å². The number of carbonyl (C=O) groups is 3. The van der Waals surface area contributed by atoms with Crippen LogP contribution in [0.2, 0.25) is 0 Å². The van der Waals surface area contributed by atoms with E-state index in [1.54, 1.807) is 24.3 Å². The van der Waals surface area contributed by atoms with E-state index in [1.165, 1.54) is 0 Å². The first-order valence-electron chi connectivity index (χ1n) is 7.94. The fourth-order valence-electron chi connectivity index (χ4n) is 3.07. The summed E-state index contributed by atoms with van der Waals surface area (Å²) in [7, 11) is 0. The molecule has 1 aromatic rings.